The zero-order valence-corrected chi connectivity index (χ0v) is 17.2. The number of carbonyl (C=O) groups is 1. The average molecular weight is 405 g/mol. The van der Waals surface area contributed by atoms with Crippen molar-refractivity contribution < 1.29 is 4.79 Å². The van der Waals surface area contributed by atoms with Crippen LogP contribution in [0.15, 0.2) is 66.0 Å². The van der Waals surface area contributed by atoms with E-state index >= 15 is 0 Å². The van der Waals surface area contributed by atoms with E-state index in [1.54, 1.807) is 0 Å². The van der Waals surface area contributed by atoms with Gasteiger partial charge in [-0.25, -0.2) is 4.98 Å². The minimum absolute atomic E-state index is 0.0218. The summed E-state index contributed by atoms with van der Waals surface area (Å²) in [6, 6.07) is 18.5. The predicted octanol–water partition coefficient (Wildman–Crippen LogP) is 4.24. The van der Waals surface area contributed by atoms with Gasteiger partial charge < -0.3 is 15.3 Å². The highest BCUT2D eigenvalue weighted by molar-refractivity contribution is 7.99. The van der Waals surface area contributed by atoms with Crippen molar-refractivity contribution >= 4 is 28.6 Å². The van der Waals surface area contributed by atoms with E-state index in [0.717, 1.165) is 34.9 Å². The number of rotatable bonds is 8. The van der Waals surface area contributed by atoms with Gasteiger partial charge in [0.15, 0.2) is 5.16 Å². The number of aryl methyl sites for hydroxylation is 1. The highest BCUT2D eigenvalue weighted by atomic mass is 32.2. The topological polar surface area (TPSA) is 73.6 Å². The number of carbonyl (C=O) groups excluding carboxylic acids is 1. The fourth-order valence-electron chi connectivity index (χ4n) is 3.36. The molecule has 0 fully saturated rings. The lowest BCUT2D eigenvalue weighted by Gasteiger charge is -2.04. The van der Waals surface area contributed by atoms with Gasteiger partial charge >= 0.3 is 0 Å². The molecule has 0 unspecified atom stereocenters. The van der Waals surface area contributed by atoms with Gasteiger partial charge in [-0.3, -0.25) is 4.79 Å². The van der Waals surface area contributed by atoms with Crippen LogP contribution < -0.4 is 5.32 Å². The van der Waals surface area contributed by atoms with Gasteiger partial charge in [0, 0.05) is 35.8 Å². The number of benzene rings is 2. The van der Waals surface area contributed by atoms with Gasteiger partial charge in [0.05, 0.1) is 11.4 Å². The Balaban J connectivity index is 1.25. The normalized spacial score (nSPS) is 11.1. The maximum absolute atomic E-state index is 12.2. The minimum Gasteiger partial charge on any atom is -0.361 e. The third-order valence-corrected chi connectivity index (χ3v) is 5.78. The molecular formula is C23H24N4OS. The number of fused-ring (bicyclic) bond motifs is 1. The molecule has 4 aromatic rings. The number of hydrogen-bond donors (Lipinski definition) is 3. The number of amides is 1. The molecule has 1 amide bonds. The third kappa shape index (κ3) is 4.90. The second kappa shape index (κ2) is 9.01. The number of aromatic amines is 2. The average Bonchev–Trinajstić information content (AvgIpc) is 3.31. The molecule has 2 aromatic heterocycles. The van der Waals surface area contributed by atoms with Crippen LogP contribution in [-0.4, -0.2) is 33.2 Å². The maximum atomic E-state index is 12.2. The summed E-state index contributed by atoms with van der Waals surface area (Å²) in [5.41, 5.74) is 5.66. The summed E-state index contributed by atoms with van der Waals surface area (Å²) in [4.78, 5) is 23.4. The number of hydrogen-bond acceptors (Lipinski definition) is 3. The van der Waals surface area contributed by atoms with E-state index in [1.807, 2.05) is 43.5 Å². The number of nitrogens with one attached hydrogen (secondary N) is 3. The van der Waals surface area contributed by atoms with E-state index in [0.29, 0.717) is 12.3 Å². The minimum atomic E-state index is 0.0218. The van der Waals surface area contributed by atoms with Gasteiger partial charge in [-0.15, -0.1) is 0 Å². The summed E-state index contributed by atoms with van der Waals surface area (Å²) in [5.74, 6) is 0.375. The van der Waals surface area contributed by atoms with Crippen molar-refractivity contribution in [3.63, 3.8) is 0 Å². The number of aromatic nitrogens is 3. The van der Waals surface area contributed by atoms with Crippen LogP contribution in [0, 0.1) is 6.92 Å². The Labute approximate surface area is 174 Å². The molecule has 0 bridgehead atoms. The molecular weight excluding hydrogens is 380 g/mol. The lowest BCUT2D eigenvalue weighted by atomic mass is 10.1. The fraction of sp³-hybridized carbons (Fsp3) is 0.217. The molecule has 3 N–H and O–H groups in total. The van der Waals surface area contributed by atoms with Crippen LogP contribution in [0.4, 0.5) is 0 Å². The van der Waals surface area contributed by atoms with Crippen molar-refractivity contribution in [1.29, 1.82) is 0 Å². The first-order valence-electron chi connectivity index (χ1n) is 9.73. The van der Waals surface area contributed by atoms with Crippen molar-refractivity contribution in [2.75, 3.05) is 12.3 Å². The highest BCUT2D eigenvalue weighted by Gasteiger charge is 2.10. The van der Waals surface area contributed by atoms with Gasteiger partial charge in [-0.05, 0) is 30.5 Å². The maximum Gasteiger partial charge on any atom is 0.230 e. The largest absolute Gasteiger partial charge is 0.361 e. The molecule has 5 nitrogen and oxygen atoms in total. The van der Waals surface area contributed by atoms with E-state index < -0.39 is 0 Å². The number of para-hydroxylation sites is 1. The van der Waals surface area contributed by atoms with Crippen molar-refractivity contribution in [1.82, 2.24) is 20.3 Å². The lowest BCUT2D eigenvalue weighted by Crippen LogP contribution is -2.27. The van der Waals surface area contributed by atoms with Crippen molar-refractivity contribution in [3.8, 4) is 0 Å². The van der Waals surface area contributed by atoms with Crippen molar-refractivity contribution in [3.05, 3.63) is 83.3 Å². The molecule has 148 valence electrons. The first-order chi connectivity index (χ1) is 14.2. The summed E-state index contributed by atoms with van der Waals surface area (Å²) in [5, 5.41) is 5.01. The molecule has 4 rings (SSSR count). The Bertz CT molecular complexity index is 1100. The van der Waals surface area contributed by atoms with Crippen molar-refractivity contribution in [2.24, 2.45) is 0 Å². The Hall–Kier alpha value is -2.99. The molecule has 0 saturated carbocycles. The van der Waals surface area contributed by atoms with Gasteiger partial charge in [0.1, 0.15) is 0 Å². The van der Waals surface area contributed by atoms with E-state index in [4.69, 9.17) is 0 Å². The summed E-state index contributed by atoms with van der Waals surface area (Å²) in [7, 11) is 0. The van der Waals surface area contributed by atoms with E-state index in [-0.39, 0.29) is 5.91 Å². The molecule has 0 aliphatic heterocycles. The summed E-state index contributed by atoms with van der Waals surface area (Å²) < 4.78 is 0. The van der Waals surface area contributed by atoms with Crippen LogP contribution >= 0.6 is 11.8 Å². The number of thioether (sulfide) groups is 1. The molecule has 0 radical (unpaired) electrons. The smallest absolute Gasteiger partial charge is 0.230 e. The molecule has 0 aliphatic rings. The standard InChI is InChI=1S/C23H24N4OS/c1-16-21(13-17-7-3-2-4-8-17)27-23(26-16)29-15-22(28)24-12-11-18-14-25-20-10-6-5-9-19(18)20/h2-10,14,25H,11-13,15H2,1H3,(H,24,28)(H,26,27). The molecule has 29 heavy (non-hydrogen) atoms. The molecule has 0 saturated heterocycles. The van der Waals surface area contributed by atoms with Crippen LogP contribution in [-0.2, 0) is 17.6 Å². The molecule has 6 heteroatoms. The quantitative estimate of drug-likeness (QED) is 0.385. The van der Waals surface area contributed by atoms with Crippen molar-refractivity contribution in [2.45, 2.75) is 24.9 Å². The molecule has 0 spiro atoms. The Morgan fingerprint density at radius 3 is 2.76 bits per heavy atom. The van der Waals surface area contributed by atoms with E-state index in [1.165, 1.54) is 28.3 Å². The lowest BCUT2D eigenvalue weighted by molar-refractivity contribution is -0.118. The number of nitrogens with zero attached hydrogens (tertiary/aromatic N) is 1. The Morgan fingerprint density at radius 1 is 1.10 bits per heavy atom. The molecule has 2 heterocycles. The number of H-pyrrole nitrogens is 2. The summed E-state index contributed by atoms with van der Waals surface area (Å²) in [6.07, 6.45) is 3.62. The molecule has 2 aromatic carbocycles. The molecule has 0 aliphatic carbocycles. The van der Waals surface area contributed by atoms with E-state index in [2.05, 4.69) is 44.5 Å². The summed E-state index contributed by atoms with van der Waals surface area (Å²) in [6.45, 7) is 2.65. The SMILES string of the molecule is Cc1[nH]c(SCC(=O)NCCc2c[nH]c3ccccc23)nc1Cc1ccccc1. The Kier molecular flexibility index (Phi) is 6.00. The number of imidazole rings is 1. The van der Waals surface area contributed by atoms with Gasteiger partial charge in [-0.1, -0.05) is 60.3 Å². The van der Waals surface area contributed by atoms with Gasteiger partial charge in [0.25, 0.3) is 0 Å². The Morgan fingerprint density at radius 2 is 1.90 bits per heavy atom. The van der Waals surface area contributed by atoms with Crippen LogP contribution in [0.25, 0.3) is 10.9 Å². The zero-order chi connectivity index (χ0) is 20.1. The fourth-order valence-corrected chi connectivity index (χ4v) is 4.13. The predicted molar refractivity (Wildman–Crippen MR) is 118 cm³/mol. The summed E-state index contributed by atoms with van der Waals surface area (Å²) >= 11 is 1.44. The van der Waals surface area contributed by atoms with E-state index in [9.17, 15) is 4.79 Å². The van der Waals surface area contributed by atoms with Crippen LogP contribution in [0.2, 0.25) is 0 Å². The van der Waals surface area contributed by atoms with Gasteiger partial charge in [0.2, 0.25) is 5.91 Å². The molecule has 0 atom stereocenters. The first kappa shape index (κ1) is 19.3. The highest BCUT2D eigenvalue weighted by Crippen LogP contribution is 2.19. The zero-order valence-electron chi connectivity index (χ0n) is 16.4. The van der Waals surface area contributed by atoms with Crippen LogP contribution in [0.5, 0.6) is 0 Å². The first-order valence-corrected chi connectivity index (χ1v) is 10.7. The third-order valence-electron chi connectivity index (χ3n) is 4.91. The second-order valence-corrected chi connectivity index (χ2v) is 7.99. The van der Waals surface area contributed by atoms with Gasteiger partial charge in [-0.2, -0.15) is 0 Å². The monoisotopic (exact) mass is 404 g/mol. The van der Waals surface area contributed by atoms with Crippen LogP contribution in [0.3, 0.4) is 0 Å². The second-order valence-electron chi connectivity index (χ2n) is 7.02. The van der Waals surface area contributed by atoms with Crippen LogP contribution in [0.1, 0.15) is 22.5 Å².